The summed E-state index contributed by atoms with van der Waals surface area (Å²) in [5.74, 6) is 0.617. The maximum absolute atomic E-state index is 12.6. The molecule has 0 saturated heterocycles. The van der Waals surface area contributed by atoms with Gasteiger partial charge in [-0.2, -0.15) is 17.4 Å². The lowest BCUT2D eigenvalue weighted by Gasteiger charge is -2.27. The fourth-order valence-corrected chi connectivity index (χ4v) is 4.22. The normalized spacial score (nSPS) is 14.9. The summed E-state index contributed by atoms with van der Waals surface area (Å²) >= 11 is 0. The van der Waals surface area contributed by atoms with E-state index in [1.54, 1.807) is 6.07 Å². The highest BCUT2D eigenvalue weighted by Gasteiger charge is 2.26. The summed E-state index contributed by atoms with van der Waals surface area (Å²) in [6.07, 6.45) is 0.721. The molecule has 0 spiro atoms. The minimum Gasteiger partial charge on any atom is -0.356 e. The summed E-state index contributed by atoms with van der Waals surface area (Å²) in [5, 5.41) is 3.96. The van der Waals surface area contributed by atoms with Gasteiger partial charge in [-0.15, -0.1) is 0 Å². The molecule has 3 aromatic rings. The van der Waals surface area contributed by atoms with Crippen molar-refractivity contribution in [3.05, 3.63) is 77.5 Å². The Hall–Kier alpha value is -2.48. The van der Waals surface area contributed by atoms with Gasteiger partial charge in [-0.05, 0) is 17.5 Å². The Morgan fingerprint density at radius 1 is 1.04 bits per heavy atom. The molecule has 1 aliphatic rings. The Morgan fingerprint density at radius 3 is 2.58 bits per heavy atom. The first-order valence-electron chi connectivity index (χ1n) is 8.44. The number of nitrogens with one attached hydrogen (secondary N) is 1. The van der Waals surface area contributed by atoms with Gasteiger partial charge in [0.25, 0.3) is 10.2 Å². The van der Waals surface area contributed by atoms with Crippen LogP contribution in [0.25, 0.3) is 11.3 Å². The average Bonchev–Trinajstić information content (AvgIpc) is 3.16. The molecule has 1 aromatic heterocycles. The number of rotatable bonds is 5. The molecule has 2 aromatic carbocycles. The molecule has 0 fully saturated rings. The van der Waals surface area contributed by atoms with Crippen molar-refractivity contribution in [2.45, 2.75) is 19.5 Å². The molecule has 1 N–H and O–H groups in total. The van der Waals surface area contributed by atoms with Crippen molar-refractivity contribution in [3.8, 4) is 11.3 Å². The summed E-state index contributed by atoms with van der Waals surface area (Å²) in [4.78, 5) is 0. The monoisotopic (exact) mass is 369 g/mol. The van der Waals surface area contributed by atoms with Gasteiger partial charge in [0.1, 0.15) is 0 Å². The van der Waals surface area contributed by atoms with Gasteiger partial charge in [-0.3, -0.25) is 0 Å². The zero-order valence-corrected chi connectivity index (χ0v) is 14.9. The number of benzene rings is 2. The van der Waals surface area contributed by atoms with Crippen LogP contribution in [0.15, 0.2) is 65.2 Å². The van der Waals surface area contributed by atoms with E-state index in [0.29, 0.717) is 24.5 Å². The average molecular weight is 369 g/mol. The fourth-order valence-electron chi connectivity index (χ4n) is 3.07. The molecule has 0 unspecified atom stereocenters. The summed E-state index contributed by atoms with van der Waals surface area (Å²) in [6, 6.07) is 19.3. The van der Waals surface area contributed by atoms with Crippen LogP contribution in [0.4, 0.5) is 0 Å². The predicted molar refractivity (Wildman–Crippen MR) is 98.3 cm³/mol. The van der Waals surface area contributed by atoms with Crippen LogP contribution < -0.4 is 4.72 Å². The van der Waals surface area contributed by atoms with E-state index in [0.717, 1.165) is 17.5 Å². The first-order chi connectivity index (χ1) is 12.6. The molecule has 0 saturated carbocycles. The van der Waals surface area contributed by atoms with E-state index in [1.165, 1.54) is 9.87 Å². The van der Waals surface area contributed by atoms with Crippen LogP contribution in [-0.4, -0.2) is 24.4 Å². The first kappa shape index (κ1) is 17.0. The van der Waals surface area contributed by atoms with Gasteiger partial charge < -0.3 is 4.52 Å². The highest BCUT2D eigenvalue weighted by molar-refractivity contribution is 7.87. The molecule has 0 aliphatic carbocycles. The van der Waals surface area contributed by atoms with Crippen LogP contribution >= 0.6 is 0 Å². The van der Waals surface area contributed by atoms with Gasteiger partial charge in [0.15, 0.2) is 5.76 Å². The zero-order chi connectivity index (χ0) is 18.0. The van der Waals surface area contributed by atoms with Gasteiger partial charge in [-0.25, -0.2) is 0 Å². The summed E-state index contributed by atoms with van der Waals surface area (Å²) in [6.45, 7) is 0.955. The standard InChI is InChI=1S/C19H19N3O3S/c23-26(24,22-11-10-15-6-4-5-9-17(15)14-22)20-13-18-12-19(25-21-18)16-7-2-1-3-8-16/h1-9,12,20H,10-11,13-14H2. The number of hydrogen-bond donors (Lipinski definition) is 1. The molecule has 0 amide bonds. The highest BCUT2D eigenvalue weighted by Crippen LogP contribution is 2.22. The van der Waals surface area contributed by atoms with Crippen LogP contribution in [0.5, 0.6) is 0 Å². The SMILES string of the molecule is O=S(=O)(NCc1cc(-c2ccccc2)on1)N1CCc2ccccc2C1. The molecule has 134 valence electrons. The van der Waals surface area contributed by atoms with Crippen molar-refractivity contribution in [2.24, 2.45) is 0 Å². The molecular formula is C19H19N3O3S. The second-order valence-corrected chi connectivity index (χ2v) is 7.98. The number of nitrogens with zero attached hydrogens (tertiary/aromatic N) is 2. The molecule has 26 heavy (non-hydrogen) atoms. The van der Waals surface area contributed by atoms with Gasteiger partial charge in [-0.1, -0.05) is 59.8 Å². The molecular weight excluding hydrogens is 350 g/mol. The lowest BCUT2D eigenvalue weighted by atomic mass is 10.0. The van der Waals surface area contributed by atoms with Crippen molar-refractivity contribution in [1.29, 1.82) is 0 Å². The first-order valence-corrected chi connectivity index (χ1v) is 9.88. The largest absolute Gasteiger partial charge is 0.356 e. The number of fused-ring (bicyclic) bond motifs is 1. The second-order valence-electron chi connectivity index (χ2n) is 6.23. The Balaban J connectivity index is 1.42. The van der Waals surface area contributed by atoms with E-state index in [2.05, 4.69) is 9.88 Å². The third-order valence-corrected chi connectivity index (χ3v) is 5.99. The van der Waals surface area contributed by atoms with E-state index in [9.17, 15) is 8.42 Å². The van der Waals surface area contributed by atoms with Crippen molar-refractivity contribution >= 4 is 10.2 Å². The Labute approximate surface area is 152 Å². The van der Waals surface area contributed by atoms with Crippen molar-refractivity contribution in [3.63, 3.8) is 0 Å². The van der Waals surface area contributed by atoms with Crippen LogP contribution in [0.3, 0.4) is 0 Å². The maximum Gasteiger partial charge on any atom is 0.280 e. The van der Waals surface area contributed by atoms with E-state index >= 15 is 0 Å². The van der Waals surface area contributed by atoms with E-state index in [4.69, 9.17) is 4.52 Å². The molecule has 7 heteroatoms. The van der Waals surface area contributed by atoms with Gasteiger partial charge in [0, 0.05) is 24.7 Å². The van der Waals surface area contributed by atoms with Crippen LogP contribution in [-0.2, 0) is 29.7 Å². The van der Waals surface area contributed by atoms with Crippen molar-refractivity contribution < 1.29 is 12.9 Å². The molecule has 4 rings (SSSR count). The lowest BCUT2D eigenvalue weighted by molar-refractivity contribution is 0.382. The van der Waals surface area contributed by atoms with Crippen LogP contribution in [0.2, 0.25) is 0 Å². The molecule has 0 bridgehead atoms. The van der Waals surface area contributed by atoms with Gasteiger partial charge >= 0.3 is 0 Å². The third-order valence-electron chi connectivity index (χ3n) is 4.49. The number of aromatic nitrogens is 1. The third kappa shape index (κ3) is 3.55. The topological polar surface area (TPSA) is 75.4 Å². The Kier molecular flexibility index (Phi) is 4.58. The van der Waals surface area contributed by atoms with E-state index in [-0.39, 0.29) is 6.54 Å². The maximum atomic E-state index is 12.6. The van der Waals surface area contributed by atoms with E-state index < -0.39 is 10.2 Å². The minimum absolute atomic E-state index is 0.0941. The quantitative estimate of drug-likeness (QED) is 0.750. The van der Waals surface area contributed by atoms with Crippen LogP contribution in [0.1, 0.15) is 16.8 Å². The Bertz CT molecular complexity index is 1000. The zero-order valence-electron chi connectivity index (χ0n) is 14.1. The smallest absolute Gasteiger partial charge is 0.280 e. The summed E-state index contributed by atoms with van der Waals surface area (Å²) in [7, 11) is -3.58. The number of hydrogen-bond acceptors (Lipinski definition) is 4. The summed E-state index contributed by atoms with van der Waals surface area (Å²) in [5.41, 5.74) is 3.71. The van der Waals surface area contributed by atoms with Gasteiger partial charge in [0.2, 0.25) is 0 Å². The fraction of sp³-hybridized carbons (Fsp3) is 0.211. The van der Waals surface area contributed by atoms with Crippen molar-refractivity contribution in [2.75, 3.05) is 6.54 Å². The summed E-state index contributed by atoms with van der Waals surface area (Å²) < 4.78 is 34.6. The second kappa shape index (κ2) is 7.03. The molecule has 6 nitrogen and oxygen atoms in total. The predicted octanol–water partition coefficient (Wildman–Crippen LogP) is 2.73. The highest BCUT2D eigenvalue weighted by atomic mass is 32.2. The van der Waals surface area contributed by atoms with E-state index in [1.807, 2.05) is 54.6 Å². The lowest BCUT2D eigenvalue weighted by Crippen LogP contribution is -2.43. The van der Waals surface area contributed by atoms with Gasteiger partial charge in [0.05, 0.1) is 12.2 Å². The minimum atomic E-state index is -3.58. The molecule has 0 radical (unpaired) electrons. The molecule has 0 atom stereocenters. The molecule has 2 heterocycles. The van der Waals surface area contributed by atoms with Crippen LogP contribution in [0, 0.1) is 0 Å². The molecule has 1 aliphatic heterocycles. The van der Waals surface area contributed by atoms with Crippen molar-refractivity contribution in [1.82, 2.24) is 14.2 Å². The Morgan fingerprint density at radius 2 is 1.77 bits per heavy atom.